The summed E-state index contributed by atoms with van der Waals surface area (Å²) < 4.78 is 0. The van der Waals surface area contributed by atoms with Crippen molar-refractivity contribution < 1.29 is 7.65 Å². The van der Waals surface area contributed by atoms with E-state index in [1.165, 1.54) is 38.8 Å². The van der Waals surface area contributed by atoms with E-state index >= 15 is 0 Å². The van der Waals surface area contributed by atoms with Gasteiger partial charge in [0.2, 0.25) is 5.91 Å². The molecular weight excluding hydrogens is 224 g/mol. The van der Waals surface area contributed by atoms with Crippen LogP contribution in [0.1, 0.15) is 62.7 Å². The zero-order valence-electron chi connectivity index (χ0n) is 12.8. The fraction of sp³-hybridized carbons (Fsp3) is 0.933. The minimum Gasteiger partial charge on any atom is -0.355 e. The minimum atomic E-state index is 0. The van der Waals surface area contributed by atoms with E-state index in [2.05, 4.69) is 17.1 Å². The lowest BCUT2D eigenvalue weighted by atomic mass is 9.98. The molecule has 18 heavy (non-hydrogen) atoms. The number of hydrogen-bond acceptors (Lipinski definition) is 2. The first-order valence-corrected chi connectivity index (χ1v) is 7.75. The first kappa shape index (κ1) is 17.4. The Balaban J connectivity index is -0.000000689. The third-order valence-corrected chi connectivity index (χ3v) is 3.59. The van der Waals surface area contributed by atoms with E-state index in [4.69, 9.17) is 0 Å². The molecule has 1 aliphatic heterocycles. The van der Waals surface area contributed by atoms with Gasteiger partial charge < -0.3 is 10.2 Å². The van der Waals surface area contributed by atoms with Crippen molar-refractivity contribution in [1.29, 1.82) is 0 Å². The molecule has 0 bridgehead atoms. The van der Waals surface area contributed by atoms with Crippen molar-refractivity contribution in [3.05, 3.63) is 0 Å². The normalized spacial score (nSPS) is 20.6. The summed E-state index contributed by atoms with van der Waals surface area (Å²) in [6.45, 7) is 12.4. The zero-order chi connectivity index (χ0) is 13.8. The molecule has 0 spiro atoms. The van der Waals surface area contributed by atoms with Crippen LogP contribution in [0.15, 0.2) is 0 Å². The Morgan fingerprint density at radius 1 is 1.28 bits per heavy atom. The highest BCUT2D eigenvalue weighted by Crippen LogP contribution is 2.19. The predicted molar refractivity (Wildman–Crippen MR) is 82.9 cm³/mol. The SMILES string of the molecule is CC.CCC(=O)NCCN1CCCC(CC)CC1.[HH].[HH]. The van der Waals surface area contributed by atoms with Gasteiger partial charge in [-0.3, -0.25) is 4.79 Å². The molecule has 0 aromatic heterocycles. The highest BCUT2D eigenvalue weighted by molar-refractivity contribution is 5.75. The third kappa shape index (κ3) is 7.70. The molecule has 0 radical (unpaired) electrons. The van der Waals surface area contributed by atoms with Crippen molar-refractivity contribution in [2.75, 3.05) is 26.2 Å². The Bertz CT molecular complexity index is 216. The smallest absolute Gasteiger partial charge is 0.219 e. The maximum atomic E-state index is 11.1. The van der Waals surface area contributed by atoms with Gasteiger partial charge >= 0.3 is 0 Å². The first-order chi connectivity index (χ1) is 8.76. The topological polar surface area (TPSA) is 32.3 Å². The minimum absolute atomic E-state index is 0. The molecule has 3 heteroatoms. The van der Waals surface area contributed by atoms with Gasteiger partial charge in [-0.2, -0.15) is 0 Å². The second kappa shape index (κ2) is 11.5. The fourth-order valence-corrected chi connectivity index (χ4v) is 2.34. The maximum Gasteiger partial charge on any atom is 0.219 e. The number of carbonyl (C=O) groups excluding carboxylic acids is 1. The van der Waals surface area contributed by atoms with Gasteiger partial charge in [-0.15, -0.1) is 0 Å². The van der Waals surface area contributed by atoms with Gasteiger partial charge in [0, 0.05) is 22.4 Å². The van der Waals surface area contributed by atoms with Crippen LogP contribution >= 0.6 is 0 Å². The second-order valence-corrected chi connectivity index (χ2v) is 4.75. The van der Waals surface area contributed by atoms with E-state index in [1.807, 2.05) is 20.8 Å². The molecular formula is C15H36N2O. The van der Waals surface area contributed by atoms with Crippen molar-refractivity contribution >= 4 is 5.91 Å². The summed E-state index contributed by atoms with van der Waals surface area (Å²) in [7, 11) is 0. The zero-order valence-corrected chi connectivity index (χ0v) is 12.8. The maximum absolute atomic E-state index is 11.1. The lowest BCUT2D eigenvalue weighted by Crippen LogP contribution is -2.35. The highest BCUT2D eigenvalue weighted by Gasteiger charge is 2.15. The lowest BCUT2D eigenvalue weighted by molar-refractivity contribution is -0.120. The van der Waals surface area contributed by atoms with Gasteiger partial charge in [-0.25, -0.2) is 0 Å². The molecule has 1 saturated heterocycles. The first-order valence-electron chi connectivity index (χ1n) is 7.75. The van der Waals surface area contributed by atoms with E-state index < -0.39 is 0 Å². The highest BCUT2D eigenvalue weighted by atomic mass is 16.1. The lowest BCUT2D eigenvalue weighted by Gasteiger charge is -2.20. The Morgan fingerprint density at radius 3 is 2.61 bits per heavy atom. The second-order valence-electron chi connectivity index (χ2n) is 4.75. The molecule has 0 aromatic rings. The summed E-state index contributed by atoms with van der Waals surface area (Å²) >= 11 is 0. The molecule has 1 amide bonds. The van der Waals surface area contributed by atoms with Gasteiger partial charge in [0.1, 0.15) is 0 Å². The Morgan fingerprint density at radius 2 is 2.00 bits per heavy atom. The summed E-state index contributed by atoms with van der Waals surface area (Å²) in [6, 6.07) is 0. The van der Waals surface area contributed by atoms with Crippen LogP contribution in [-0.4, -0.2) is 37.0 Å². The van der Waals surface area contributed by atoms with Gasteiger partial charge in [0.15, 0.2) is 0 Å². The molecule has 1 heterocycles. The van der Waals surface area contributed by atoms with E-state index in [-0.39, 0.29) is 8.76 Å². The Hall–Kier alpha value is -0.570. The summed E-state index contributed by atoms with van der Waals surface area (Å²) in [4.78, 5) is 13.6. The molecule has 1 rings (SSSR count). The number of hydrogen-bond donors (Lipinski definition) is 1. The van der Waals surface area contributed by atoms with Crippen LogP contribution in [0.5, 0.6) is 0 Å². The van der Waals surface area contributed by atoms with Crippen LogP contribution < -0.4 is 5.32 Å². The fourth-order valence-electron chi connectivity index (χ4n) is 2.34. The van der Waals surface area contributed by atoms with Crippen molar-refractivity contribution in [1.82, 2.24) is 10.2 Å². The third-order valence-electron chi connectivity index (χ3n) is 3.59. The molecule has 1 N–H and O–H groups in total. The summed E-state index contributed by atoms with van der Waals surface area (Å²) in [5.74, 6) is 1.09. The molecule has 3 nitrogen and oxygen atoms in total. The Kier molecular flexibility index (Phi) is 11.2. The molecule has 0 aliphatic carbocycles. The van der Waals surface area contributed by atoms with Crippen molar-refractivity contribution in [3.8, 4) is 0 Å². The predicted octanol–water partition coefficient (Wildman–Crippen LogP) is 3.54. The molecule has 1 aliphatic rings. The molecule has 0 saturated carbocycles. The number of carbonyl (C=O) groups is 1. The largest absolute Gasteiger partial charge is 0.355 e. The monoisotopic (exact) mass is 260 g/mol. The van der Waals surface area contributed by atoms with Crippen molar-refractivity contribution in [2.45, 2.75) is 59.8 Å². The van der Waals surface area contributed by atoms with E-state index in [0.717, 1.165) is 19.0 Å². The molecule has 1 fully saturated rings. The van der Waals surface area contributed by atoms with Crippen LogP contribution in [0.25, 0.3) is 0 Å². The number of amides is 1. The number of nitrogens with zero attached hydrogens (tertiary/aromatic N) is 1. The molecule has 1 unspecified atom stereocenters. The van der Waals surface area contributed by atoms with Gasteiger partial charge in [0.25, 0.3) is 0 Å². The summed E-state index contributed by atoms with van der Waals surface area (Å²) in [5.41, 5.74) is 0. The standard InChI is InChI=1S/C13H26N2O.C2H6.2H2/c1-3-12-6-5-9-15(10-7-12)11-8-14-13(16)4-2;1-2;;/h12H,3-11H2,1-2H3,(H,14,16);1-2H3;2*1H. The van der Waals surface area contributed by atoms with E-state index in [1.54, 1.807) is 0 Å². The van der Waals surface area contributed by atoms with Gasteiger partial charge in [-0.05, 0) is 38.3 Å². The van der Waals surface area contributed by atoms with Gasteiger partial charge in [-0.1, -0.05) is 34.1 Å². The van der Waals surface area contributed by atoms with Crippen molar-refractivity contribution in [2.24, 2.45) is 5.92 Å². The Labute approximate surface area is 116 Å². The summed E-state index contributed by atoms with van der Waals surface area (Å²) in [5, 5.41) is 2.94. The van der Waals surface area contributed by atoms with Crippen LogP contribution in [0.4, 0.5) is 0 Å². The van der Waals surface area contributed by atoms with Crippen LogP contribution in [0.3, 0.4) is 0 Å². The average molecular weight is 260 g/mol. The average Bonchev–Trinajstić information content (AvgIpc) is 2.66. The number of likely N-dealkylation sites (tertiary alicyclic amines) is 1. The number of nitrogens with one attached hydrogen (secondary N) is 1. The summed E-state index contributed by atoms with van der Waals surface area (Å²) in [6.07, 6.45) is 5.95. The van der Waals surface area contributed by atoms with Crippen LogP contribution in [-0.2, 0) is 4.79 Å². The molecule has 1 atom stereocenters. The van der Waals surface area contributed by atoms with Crippen LogP contribution in [0.2, 0.25) is 0 Å². The van der Waals surface area contributed by atoms with E-state index in [0.29, 0.717) is 6.42 Å². The van der Waals surface area contributed by atoms with Crippen LogP contribution in [0, 0.1) is 5.92 Å². The van der Waals surface area contributed by atoms with Gasteiger partial charge in [0.05, 0.1) is 0 Å². The van der Waals surface area contributed by atoms with Crippen molar-refractivity contribution in [3.63, 3.8) is 0 Å². The van der Waals surface area contributed by atoms with E-state index in [9.17, 15) is 4.79 Å². The quantitative estimate of drug-likeness (QED) is 0.820. The number of rotatable bonds is 5. The molecule has 112 valence electrons. The molecule has 0 aromatic carbocycles.